The molecule has 2 aromatic carbocycles. The maximum Gasteiger partial charge on any atom is 0.343 e. The van der Waals surface area contributed by atoms with Crippen LogP contribution in [-0.4, -0.2) is 32.1 Å². The number of cyclic esters (lactones) is 1. The summed E-state index contributed by atoms with van der Waals surface area (Å²) in [6, 6.07) is 16.2. The summed E-state index contributed by atoms with van der Waals surface area (Å²) in [6.07, 6.45) is 0.725. The molecule has 0 radical (unpaired) electrons. The van der Waals surface area contributed by atoms with Crippen molar-refractivity contribution in [3.05, 3.63) is 97.3 Å². The first-order valence-corrected chi connectivity index (χ1v) is 12.4. The number of fused-ring (bicyclic) bond motifs is 5. The summed E-state index contributed by atoms with van der Waals surface area (Å²) in [5.41, 5.74) is 1.69. The lowest BCUT2D eigenvalue weighted by atomic mass is 9.86. The van der Waals surface area contributed by atoms with E-state index in [1.54, 1.807) is 25.1 Å². The van der Waals surface area contributed by atoms with Gasteiger partial charge in [-0.25, -0.2) is 9.78 Å². The predicted octanol–water partition coefficient (Wildman–Crippen LogP) is 3.64. The van der Waals surface area contributed by atoms with Gasteiger partial charge in [-0.3, -0.25) is 14.9 Å². The van der Waals surface area contributed by atoms with E-state index in [-0.39, 0.29) is 41.9 Å². The maximum absolute atomic E-state index is 13.6. The number of carbonyl (C=O) groups excluding carboxylic acids is 1. The van der Waals surface area contributed by atoms with Crippen molar-refractivity contribution in [3.63, 3.8) is 0 Å². The fraction of sp³-hybridized carbons (Fsp3) is 0.250. The van der Waals surface area contributed by atoms with Crippen LogP contribution in [-0.2, 0) is 34.7 Å². The number of benzene rings is 2. The molecular weight excluding hydrogens is 488 g/mol. The number of esters is 1. The van der Waals surface area contributed by atoms with E-state index in [1.807, 2.05) is 30.3 Å². The van der Waals surface area contributed by atoms with Gasteiger partial charge in [0.15, 0.2) is 5.60 Å². The van der Waals surface area contributed by atoms with Crippen LogP contribution in [0.4, 0.5) is 11.4 Å². The zero-order valence-corrected chi connectivity index (χ0v) is 20.6. The van der Waals surface area contributed by atoms with Crippen LogP contribution in [0.15, 0.2) is 59.4 Å². The van der Waals surface area contributed by atoms with Crippen molar-refractivity contribution in [2.45, 2.75) is 38.5 Å². The molecule has 1 atom stereocenters. The number of pyridine rings is 2. The molecule has 0 saturated heterocycles. The molecule has 0 bridgehead atoms. The van der Waals surface area contributed by atoms with E-state index in [9.17, 15) is 24.8 Å². The molecule has 10 heteroatoms. The van der Waals surface area contributed by atoms with Crippen molar-refractivity contribution >= 4 is 28.2 Å². The third-order valence-corrected chi connectivity index (χ3v) is 7.45. The van der Waals surface area contributed by atoms with Gasteiger partial charge in [0.2, 0.25) is 0 Å². The summed E-state index contributed by atoms with van der Waals surface area (Å²) in [6.45, 7) is 2.06. The highest BCUT2D eigenvalue weighted by Gasteiger charge is 2.45. The zero-order valence-electron chi connectivity index (χ0n) is 20.6. The number of nitrogens with one attached hydrogen (secondary N) is 1. The van der Waals surface area contributed by atoms with Gasteiger partial charge in [0, 0.05) is 23.7 Å². The fourth-order valence-electron chi connectivity index (χ4n) is 5.44. The van der Waals surface area contributed by atoms with Gasteiger partial charge in [-0.15, -0.1) is 0 Å². The summed E-state index contributed by atoms with van der Waals surface area (Å²) < 4.78 is 6.67. The summed E-state index contributed by atoms with van der Waals surface area (Å²) >= 11 is 0. The molecule has 0 spiro atoms. The minimum absolute atomic E-state index is 0.0399. The Balaban J connectivity index is 1.54. The molecule has 10 nitrogen and oxygen atoms in total. The number of hydrogen-bond acceptors (Lipinski definition) is 8. The molecule has 6 rings (SSSR count). The standard InChI is InChI=1S/C28H24N4O6/c1-2-28(35)19-13-22-24-17(14-31(22)26(33)18(19)15-38-27(28)34)25(29-12-11-16-7-4-3-5-8-16)23-20(30-24)9-6-10-21(23)32(36)37/h3-10,13,35H,2,11-12,14-15H2,1H3,(H,29,30)/t28-/m0/s1. The lowest BCUT2D eigenvalue weighted by Gasteiger charge is -2.31. The Bertz CT molecular complexity index is 1700. The molecule has 2 aromatic heterocycles. The number of aliphatic hydroxyl groups is 1. The van der Waals surface area contributed by atoms with E-state index in [0.717, 1.165) is 5.56 Å². The third-order valence-electron chi connectivity index (χ3n) is 7.45. The molecule has 0 amide bonds. The number of ether oxygens (including phenoxy) is 1. The summed E-state index contributed by atoms with van der Waals surface area (Å²) in [4.78, 5) is 42.3. The van der Waals surface area contributed by atoms with Gasteiger partial charge in [-0.1, -0.05) is 43.3 Å². The van der Waals surface area contributed by atoms with Gasteiger partial charge < -0.3 is 19.7 Å². The number of anilines is 1. The van der Waals surface area contributed by atoms with Crippen molar-refractivity contribution in [1.82, 2.24) is 9.55 Å². The van der Waals surface area contributed by atoms with Crippen LogP contribution in [0.1, 0.15) is 35.6 Å². The Labute approximate surface area is 216 Å². The molecule has 38 heavy (non-hydrogen) atoms. The van der Waals surface area contributed by atoms with Crippen LogP contribution in [0.25, 0.3) is 22.3 Å². The van der Waals surface area contributed by atoms with Crippen molar-refractivity contribution in [2.75, 3.05) is 11.9 Å². The second-order valence-corrected chi connectivity index (χ2v) is 9.51. The summed E-state index contributed by atoms with van der Waals surface area (Å²) in [7, 11) is 0. The number of aromatic nitrogens is 2. The normalized spacial score (nSPS) is 17.5. The Hall–Kier alpha value is -4.57. The minimum atomic E-state index is -1.93. The first-order valence-electron chi connectivity index (χ1n) is 12.4. The Morgan fingerprint density at radius 3 is 2.68 bits per heavy atom. The molecule has 0 aliphatic carbocycles. The average Bonchev–Trinajstić information content (AvgIpc) is 3.29. The van der Waals surface area contributed by atoms with Crippen molar-refractivity contribution in [3.8, 4) is 11.4 Å². The number of nitro groups is 1. The third kappa shape index (κ3) is 3.48. The van der Waals surface area contributed by atoms with Crippen LogP contribution >= 0.6 is 0 Å². The quantitative estimate of drug-likeness (QED) is 0.200. The van der Waals surface area contributed by atoms with Crippen LogP contribution in [0, 0.1) is 10.1 Å². The summed E-state index contributed by atoms with van der Waals surface area (Å²) in [5.74, 6) is -0.791. The van der Waals surface area contributed by atoms with Gasteiger partial charge in [0.1, 0.15) is 12.0 Å². The van der Waals surface area contributed by atoms with Crippen molar-refractivity contribution < 1.29 is 19.6 Å². The Kier molecular flexibility index (Phi) is 5.50. The van der Waals surface area contributed by atoms with E-state index < -0.39 is 16.5 Å². The largest absolute Gasteiger partial charge is 0.458 e. The average molecular weight is 513 g/mol. The number of hydrogen-bond donors (Lipinski definition) is 2. The molecule has 2 N–H and O–H groups in total. The van der Waals surface area contributed by atoms with Gasteiger partial charge in [-0.2, -0.15) is 0 Å². The maximum atomic E-state index is 13.6. The minimum Gasteiger partial charge on any atom is -0.458 e. The molecule has 4 aromatic rings. The highest BCUT2D eigenvalue weighted by atomic mass is 16.6. The second kappa shape index (κ2) is 8.77. The molecule has 2 aliphatic rings. The SMILES string of the molecule is CC[C@@]1(O)C(=O)OCc2c1cc1n(c2=O)Cc2c-1nc1cccc([N+](=O)[O-])c1c2NCCc1ccccc1. The molecule has 0 fully saturated rings. The first-order chi connectivity index (χ1) is 18.3. The lowest BCUT2D eigenvalue weighted by molar-refractivity contribution is -0.383. The zero-order chi connectivity index (χ0) is 26.6. The number of rotatable bonds is 6. The first kappa shape index (κ1) is 23.8. The highest BCUT2D eigenvalue weighted by Crippen LogP contribution is 2.43. The smallest absolute Gasteiger partial charge is 0.343 e. The van der Waals surface area contributed by atoms with E-state index in [4.69, 9.17) is 9.72 Å². The molecule has 0 unspecified atom stereocenters. The van der Waals surface area contributed by atoms with Gasteiger partial charge in [-0.05, 0) is 30.5 Å². The van der Waals surface area contributed by atoms with Crippen LogP contribution in [0.2, 0.25) is 0 Å². The summed E-state index contributed by atoms with van der Waals surface area (Å²) in [5, 5.41) is 26.9. The topological polar surface area (TPSA) is 137 Å². The molecule has 192 valence electrons. The Morgan fingerprint density at radius 1 is 1.16 bits per heavy atom. The second-order valence-electron chi connectivity index (χ2n) is 9.51. The molecule has 4 heterocycles. The predicted molar refractivity (Wildman–Crippen MR) is 140 cm³/mol. The monoisotopic (exact) mass is 512 g/mol. The van der Waals surface area contributed by atoms with E-state index in [2.05, 4.69) is 5.32 Å². The number of carbonyl (C=O) groups is 1. The van der Waals surface area contributed by atoms with Gasteiger partial charge in [0.05, 0.1) is 39.6 Å². The Morgan fingerprint density at radius 2 is 1.95 bits per heavy atom. The van der Waals surface area contributed by atoms with Gasteiger partial charge in [0.25, 0.3) is 11.2 Å². The molecular formula is C28H24N4O6. The van der Waals surface area contributed by atoms with Crippen LogP contribution in [0.5, 0.6) is 0 Å². The van der Waals surface area contributed by atoms with Crippen LogP contribution < -0.4 is 10.9 Å². The van der Waals surface area contributed by atoms with Crippen molar-refractivity contribution in [1.29, 1.82) is 0 Å². The van der Waals surface area contributed by atoms with E-state index >= 15 is 0 Å². The molecule has 2 aliphatic heterocycles. The van der Waals surface area contributed by atoms with Crippen LogP contribution in [0.3, 0.4) is 0 Å². The number of non-ortho nitro benzene ring substituents is 1. The van der Waals surface area contributed by atoms with Gasteiger partial charge >= 0.3 is 5.97 Å². The molecule has 0 saturated carbocycles. The fourth-order valence-corrected chi connectivity index (χ4v) is 5.44. The van der Waals surface area contributed by atoms with E-state index in [1.165, 1.54) is 10.6 Å². The van der Waals surface area contributed by atoms with E-state index in [0.29, 0.717) is 46.5 Å². The van der Waals surface area contributed by atoms with Crippen molar-refractivity contribution in [2.24, 2.45) is 0 Å². The number of nitrogens with zero attached hydrogens (tertiary/aromatic N) is 3. The highest BCUT2D eigenvalue weighted by molar-refractivity contribution is 6.03. The number of nitro benzene ring substituents is 1. The lowest BCUT2D eigenvalue weighted by Crippen LogP contribution is -2.44.